The second-order valence-electron chi connectivity index (χ2n) is 3.08. The van der Waals surface area contributed by atoms with Crippen molar-refractivity contribution in [2.45, 2.75) is 6.54 Å². The summed E-state index contributed by atoms with van der Waals surface area (Å²) in [6.45, 7) is 0.680. The van der Waals surface area contributed by atoms with Crippen LogP contribution >= 0.6 is 0 Å². The molecule has 1 N–H and O–H groups in total. The Morgan fingerprint density at radius 3 is 2.93 bits per heavy atom. The van der Waals surface area contributed by atoms with Crippen LogP contribution in [0.25, 0.3) is 10.9 Å². The molecule has 1 aromatic carbocycles. The fourth-order valence-corrected chi connectivity index (χ4v) is 1.62. The number of hydrogen-bond donors (Lipinski definition) is 1. The molecule has 3 nitrogen and oxygen atoms in total. The maximum absolute atomic E-state index is 8.87. The van der Waals surface area contributed by atoms with E-state index in [0.29, 0.717) is 12.1 Å². The number of benzene rings is 1. The molecule has 0 aliphatic carbocycles. The van der Waals surface area contributed by atoms with Crippen LogP contribution in [-0.4, -0.2) is 16.3 Å². The minimum atomic E-state index is 0.112. The van der Waals surface area contributed by atoms with Crippen molar-refractivity contribution in [2.24, 2.45) is 0 Å². The number of fused-ring (bicyclic) bond motifs is 1. The zero-order valence-corrected chi connectivity index (χ0v) is 7.64. The number of aliphatic hydroxyl groups excluding tert-OH is 1. The molecule has 0 saturated heterocycles. The third-order valence-corrected chi connectivity index (χ3v) is 2.28. The van der Waals surface area contributed by atoms with Crippen molar-refractivity contribution in [3.8, 4) is 6.07 Å². The number of hydrogen-bond acceptors (Lipinski definition) is 2. The van der Waals surface area contributed by atoms with E-state index < -0.39 is 0 Å². The van der Waals surface area contributed by atoms with E-state index in [9.17, 15) is 0 Å². The van der Waals surface area contributed by atoms with Crippen LogP contribution in [0.1, 0.15) is 5.56 Å². The molecule has 0 unspecified atom stereocenters. The fraction of sp³-hybridized carbons (Fsp3) is 0.182. The highest BCUT2D eigenvalue weighted by Crippen LogP contribution is 2.19. The van der Waals surface area contributed by atoms with E-state index >= 15 is 0 Å². The summed E-state index contributed by atoms with van der Waals surface area (Å²) in [4.78, 5) is 0. The maximum Gasteiger partial charge on any atom is 0.0998 e. The summed E-state index contributed by atoms with van der Waals surface area (Å²) in [6, 6.07) is 9.66. The van der Waals surface area contributed by atoms with Crippen LogP contribution < -0.4 is 0 Å². The van der Waals surface area contributed by atoms with Crippen LogP contribution in [0.2, 0.25) is 0 Å². The minimum Gasteiger partial charge on any atom is -0.395 e. The molecular formula is C11H10N2O. The second kappa shape index (κ2) is 3.52. The molecule has 1 heterocycles. The lowest BCUT2D eigenvalue weighted by molar-refractivity contribution is 0.278. The van der Waals surface area contributed by atoms with Gasteiger partial charge in [0.25, 0.3) is 0 Å². The van der Waals surface area contributed by atoms with Crippen molar-refractivity contribution < 1.29 is 5.11 Å². The van der Waals surface area contributed by atoms with E-state index in [-0.39, 0.29) is 6.61 Å². The first kappa shape index (κ1) is 8.79. The Labute approximate surface area is 81.8 Å². The lowest BCUT2D eigenvalue weighted by Gasteiger charge is -2.01. The second-order valence-corrected chi connectivity index (χ2v) is 3.08. The van der Waals surface area contributed by atoms with Gasteiger partial charge in [-0.15, -0.1) is 0 Å². The molecule has 14 heavy (non-hydrogen) atoms. The summed E-state index contributed by atoms with van der Waals surface area (Å²) in [5.74, 6) is 0. The SMILES string of the molecule is N#Cc1cccc2c1ccn2CCO. The zero-order valence-electron chi connectivity index (χ0n) is 7.64. The van der Waals surface area contributed by atoms with Gasteiger partial charge in [-0.1, -0.05) is 6.07 Å². The number of aliphatic hydroxyl groups is 1. The molecule has 1 aromatic heterocycles. The molecule has 0 bridgehead atoms. The number of rotatable bonds is 2. The topological polar surface area (TPSA) is 49.0 Å². The van der Waals surface area contributed by atoms with Crippen molar-refractivity contribution in [1.82, 2.24) is 4.57 Å². The molecule has 0 aliphatic rings. The van der Waals surface area contributed by atoms with Crippen LogP contribution in [0.5, 0.6) is 0 Å². The summed E-state index contributed by atoms with van der Waals surface area (Å²) in [6.07, 6.45) is 1.89. The molecule has 2 rings (SSSR count). The minimum absolute atomic E-state index is 0.112. The van der Waals surface area contributed by atoms with Gasteiger partial charge in [0.05, 0.1) is 18.2 Å². The quantitative estimate of drug-likeness (QED) is 0.772. The molecule has 0 radical (unpaired) electrons. The van der Waals surface area contributed by atoms with Crippen LogP contribution in [0.3, 0.4) is 0 Å². The molecule has 0 amide bonds. The molecule has 0 spiro atoms. The van der Waals surface area contributed by atoms with Gasteiger partial charge in [0.2, 0.25) is 0 Å². The van der Waals surface area contributed by atoms with Gasteiger partial charge in [-0.3, -0.25) is 0 Å². The van der Waals surface area contributed by atoms with Crippen molar-refractivity contribution in [1.29, 1.82) is 5.26 Å². The summed E-state index contributed by atoms with van der Waals surface area (Å²) >= 11 is 0. The number of nitriles is 1. The Balaban J connectivity index is 2.65. The first-order valence-electron chi connectivity index (χ1n) is 4.45. The van der Waals surface area contributed by atoms with E-state index in [2.05, 4.69) is 6.07 Å². The van der Waals surface area contributed by atoms with Crippen molar-refractivity contribution >= 4 is 10.9 Å². The van der Waals surface area contributed by atoms with Gasteiger partial charge in [-0.05, 0) is 18.2 Å². The van der Waals surface area contributed by atoms with Crippen molar-refractivity contribution in [3.63, 3.8) is 0 Å². The Kier molecular flexibility index (Phi) is 2.21. The monoisotopic (exact) mass is 186 g/mol. The maximum atomic E-state index is 8.87. The predicted octanol–water partition coefficient (Wildman–Crippen LogP) is 1.51. The first-order chi connectivity index (χ1) is 6.86. The first-order valence-corrected chi connectivity index (χ1v) is 4.45. The zero-order chi connectivity index (χ0) is 9.97. The third-order valence-electron chi connectivity index (χ3n) is 2.28. The van der Waals surface area contributed by atoms with E-state index in [0.717, 1.165) is 10.9 Å². The summed E-state index contributed by atoms with van der Waals surface area (Å²) in [5.41, 5.74) is 1.68. The summed E-state index contributed by atoms with van der Waals surface area (Å²) in [7, 11) is 0. The molecule has 3 heteroatoms. The third kappa shape index (κ3) is 1.26. The molecule has 0 saturated carbocycles. The standard InChI is InChI=1S/C11H10N2O/c12-8-9-2-1-3-11-10(9)4-5-13(11)6-7-14/h1-5,14H,6-7H2. The normalized spacial score (nSPS) is 10.3. The molecule has 70 valence electrons. The Morgan fingerprint density at radius 2 is 2.21 bits per heavy atom. The molecule has 0 fully saturated rings. The lowest BCUT2D eigenvalue weighted by atomic mass is 10.1. The largest absolute Gasteiger partial charge is 0.395 e. The van der Waals surface area contributed by atoms with Gasteiger partial charge in [0.1, 0.15) is 0 Å². The predicted molar refractivity (Wildman–Crippen MR) is 53.7 cm³/mol. The van der Waals surface area contributed by atoms with E-state index in [1.54, 1.807) is 6.07 Å². The Hall–Kier alpha value is -1.79. The summed E-state index contributed by atoms with van der Waals surface area (Å²) < 4.78 is 1.94. The molecule has 0 aliphatic heterocycles. The van der Waals surface area contributed by atoms with Crippen LogP contribution in [0, 0.1) is 11.3 Å². The van der Waals surface area contributed by atoms with E-state index in [1.807, 2.05) is 29.0 Å². The highest BCUT2D eigenvalue weighted by Gasteiger charge is 2.03. The van der Waals surface area contributed by atoms with Crippen molar-refractivity contribution in [2.75, 3.05) is 6.61 Å². The van der Waals surface area contributed by atoms with Gasteiger partial charge >= 0.3 is 0 Å². The average Bonchev–Trinajstić information content (AvgIpc) is 2.62. The van der Waals surface area contributed by atoms with Crippen LogP contribution in [-0.2, 0) is 6.54 Å². The highest BCUT2D eigenvalue weighted by molar-refractivity contribution is 5.85. The van der Waals surface area contributed by atoms with Crippen LogP contribution in [0.4, 0.5) is 0 Å². The van der Waals surface area contributed by atoms with Gasteiger partial charge in [-0.2, -0.15) is 5.26 Å². The van der Waals surface area contributed by atoms with E-state index in [4.69, 9.17) is 10.4 Å². The summed E-state index contributed by atoms with van der Waals surface area (Å²) in [5, 5.41) is 18.7. The smallest absolute Gasteiger partial charge is 0.0998 e. The molecule has 2 aromatic rings. The molecular weight excluding hydrogens is 176 g/mol. The number of nitrogens with zero attached hydrogens (tertiary/aromatic N) is 2. The van der Waals surface area contributed by atoms with Crippen LogP contribution in [0.15, 0.2) is 30.5 Å². The lowest BCUT2D eigenvalue weighted by Crippen LogP contribution is -1.99. The van der Waals surface area contributed by atoms with Gasteiger partial charge in [0.15, 0.2) is 0 Å². The van der Waals surface area contributed by atoms with E-state index in [1.165, 1.54) is 0 Å². The Morgan fingerprint density at radius 1 is 1.36 bits per heavy atom. The average molecular weight is 186 g/mol. The molecule has 0 atom stereocenters. The number of aromatic nitrogens is 1. The van der Waals surface area contributed by atoms with Gasteiger partial charge < -0.3 is 9.67 Å². The highest BCUT2D eigenvalue weighted by atomic mass is 16.3. The van der Waals surface area contributed by atoms with Gasteiger partial charge in [-0.25, -0.2) is 0 Å². The Bertz CT molecular complexity index is 493. The van der Waals surface area contributed by atoms with Crippen molar-refractivity contribution in [3.05, 3.63) is 36.0 Å². The fourth-order valence-electron chi connectivity index (χ4n) is 1.62. The van der Waals surface area contributed by atoms with Gasteiger partial charge in [0, 0.05) is 23.6 Å².